The predicted octanol–water partition coefficient (Wildman–Crippen LogP) is 15.0. The van der Waals surface area contributed by atoms with Gasteiger partial charge in [-0.25, -0.2) is 0 Å². The smallest absolute Gasteiger partial charge is 0.159 e. The Balaban J connectivity index is 1.10. The Labute approximate surface area is 328 Å². The van der Waals surface area contributed by atoms with Gasteiger partial charge in [-0.05, 0) is 91.5 Å². The third kappa shape index (κ3) is 4.62. The van der Waals surface area contributed by atoms with Crippen LogP contribution in [0.5, 0.6) is 0 Å². The second-order valence-corrected chi connectivity index (χ2v) is 16.5. The molecule has 0 unspecified atom stereocenters. The highest BCUT2D eigenvalue weighted by Crippen LogP contribution is 2.54. The highest BCUT2D eigenvalue weighted by atomic mass is 16.3. The third-order valence-corrected chi connectivity index (χ3v) is 12.7. The zero-order chi connectivity index (χ0) is 37.8. The van der Waals surface area contributed by atoms with E-state index in [1.54, 1.807) is 0 Å². The molecule has 268 valence electrons. The van der Waals surface area contributed by atoms with Crippen molar-refractivity contribution < 1.29 is 4.42 Å². The Hall–Kier alpha value is -6.64. The lowest BCUT2D eigenvalue weighted by Crippen LogP contribution is -2.17. The summed E-state index contributed by atoms with van der Waals surface area (Å²) in [4.78, 5) is 2.39. The van der Waals surface area contributed by atoms with Gasteiger partial charge in [0.25, 0.3) is 0 Å². The van der Waals surface area contributed by atoms with Gasteiger partial charge in [0.15, 0.2) is 5.58 Å². The number of hydrogen-bond acceptors (Lipinski definition) is 2. The van der Waals surface area contributed by atoms with E-state index in [0.717, 1.165) is 50.1 Å². The van der Waals surface area contributed by atoms with Gasteiger partial charge in [-0.1, -0.05) is 173 Å². The first-order chi connectivity index (χ1) is 27.3. The van der Waals surface area contributed by atoms with Crippen LogP contribution in [-0.2, 0) is 10.8 Å². The maximum absolute atomic E-state index is 7.03. The molecule has 0 saturated heterocycles. The second-order valence-electron chi connectivity index (χ2n) is 16.5. The van der Waals surface area contributed by atoms with Crippen molar-refractivity contribution in [3.05, 3.63) is 198 Å². The molecule has 0 N–H and O–H groups in total. The third-order valence-electron chi connectivity index (χ3n) is 12.7. The van der Waals surface area contributed by atoms with Crippen LogP contribution in [0, 0.1) is 0 Å². The molecule has 1 aromatic heterocycles. The Bertz CT molecular complexity index is 3020. The Morgan fingerprint density at radius 1 is 0.375 bits per heavy atom. The quantitative estimate of drug-likeness (QED) is 0.176. The summed E-state index contributed by atoms with van der Waals surface area (Å²) in [5.74, 6) is 0. The van der Waals surface area contributed by atoms with E-state index in [2.05, 4.69) is 209 Å². The average molecular weight is 720 g/mol. The Morgan fingerprint density at radius 3 is 1.68 bits per heavy atom. The zero-order valence-electron chi connectivity index (χ0n) is 32.1. The van der Waals surface area contributed by atoms with Gasteiger partial charge < -0.3 is 9.32 Å². The van der Waals surface area contributed by atoms with E-state index in [0.29, 0.717) is 0 Å². The molecule has 2 heteroatoms. The van der Waals surface area contributed by atoms with Gasteiger partial charge in [0.1, 0.15) is 5.58 Å². The standard InChI is InChI=1S/C54H41NO/c1-53(2)46-24-10-8-17-40(46)42-32-31-37(33-48(42)53)55(49-26-14-23-45-44-22-13-20-39(51(44)56-52(45)49)34-15-6-5-7-16-34)36-29-27-35(28-30-36)38-19-12-21-43-41-18-9-11-25-47(41)54(3,4)50(38)43/h5-33H,1-4H3. The van der Waals surface area contributed by atoms with E-state index >= 15 is 0 Å². The SMILES string of the molecule is CC1(C)c2ccccc2-c2ccc(N(c3ccc(-c4cccc5c4C(C)(C)c4ccccc4-5)cc3)c3cccc4c3oc3c(-c5ccccc5)cccc34)cc21. The first-order valence-corrected chi connectivity index (χ1v) is 19.7. The average Bonchev–Trinajstić information content (AvgIpc) is 3.82. The molecule has 0 saturated carbocycles. The molecule has 2 aliphatic carbocycles. The van der Waals surface area contributed by atoms with Crippen LogP contribution in [0.15, 0.2) is 180 Å². The molecule has 9 aromatic rings. The summed E-state index contributed by atoms with van der Waals surface area (Å²) >= 11 is 0. The molecule has 2 nitrogen and oxygen atoms in total. The molecule has 2 aliphatic rings. The maximum Gasteiger partial charge on any atom is 0.159 e. The maximum atomic E-state index is 7.03. The van der Waals surface area contributed by atoms with E-state index in [1.807, 2.05) is 0 Å². The van der Waals surface area contributed by atoms with Gasteiger partial charge in [0.05, 0.1) is 5.69 Å². The molecule has 0 amide bonds. The number of fused-ring (bicyclic) bond motifs is 9. The van der Waals surface area contributed by atoms with Gasteiger partial charge in [0.2, 0.25) is 0 Å². The first-order valence-electron chi connectivity index (χ1n) is 19.7. The van der Waals surface area contributed by atoms with Crippen LogP contribution < -0.4 is 4.90 Å². The monoisotopic (exact) mass is 719 g/mol. The van der Waals surface area contributed by atoms with Crippen molar-refractivity contribution in [2.75, 3.05) is 4.90 Å². The molecule has 0 radical (unpaired) electrons. The highest BCUT2D eigenvalue weighted by Gasteiger charge is 2.38. The zero-order valence-corrected chi connectivity index (χ0v) is 32.1. The van der Waals surface area contributed by atoms with Crippen LogP contribution in [0.2, 0.25) is 0 Å². The minimum Gasteiger partial charge on any atom is -0.453 e. The van der Waals surface area contributed by atoms with Gasteiger partial charge in [-0.2, -0.15) is 0 Å². The van der Waals surface area contributed by atoms with E-state index in [1.165, 1.54) is 55.6 Å². The number of rotatable bonds is 5. The number of benzene rings is 8. The van der Waals surface area contributed by atoms with Gasteiger partial charge in [0, 0.05) is 38.5 Å². The molecule has 0 fully saturated rings. The van der Waals surface area contributed by atoms with E-state index < -0.39 is 0 Å². The minimum atomic E-state index is -0.133. The van der Waals surface area contributed by atoms with Crippen molar-refractivity contribution in [1.29, 1.82) is 0 Å². The lowest BCUT2D eigenvalue weighted by molar-refractivity contribution is 0.660. The van der Waals surface area contributed by atoms with Crippen LogP contribution in [0.1, 0.15) is 49.9 Å². The van der Waals surface area contributed by atoms with Crippen LogP contribution >= 0.6 is 0 Å². The van der Waals surface area contributed by atoms with Crippen LogP contribution in [-0.4, -0.2) is 0 Å². The van der Waals surface area contributed by atoms with Crippen molar-refractivity contribution in [2.24, 2.45) is 0 Å². The largest absolute Gasteiger partial charge is 0.453 e. The molecule has 0 aliphatic heterocycles. The van der Waals surface area contributed by atoms with Crippen molar-refractivity contribution in [1.82, 2.24) is 0 Å². The molecule has 8 aromatic carbocycles. The van der Waals surface area contributed by atoms with Gasteiger partial charge in [-0.15, -0.1) is 0 Å². The normalized spacial score (nSPS) is 14.4. The molecular formula is C54H41NO. The number of nitrogens with zero attached hydrogens (tertiary/aromatic N) is 1. The van der Waals surface area contributed by atoms with Crippen molar-refractivity contribution in [3.63, 3.8) is 0 Å². The summed E-state index contributed by atoms with van der Waals surface area (Å²) in [5.41, 5.74) is 20.3. The van der Waals surface area contributed by atoms with E-state index in [9.17, 15) is 0 Å². The van der Waals surface area contributed by atoms with E-state index in [-0.39, 0.29) is 10.8 Å². The summed E-state index contributed by atoms with van der Waals surface area (Å²) < 4.78 is 7.03. The van der Waals surface area contributed by atoms with Gasteiger partial charge >= 0.3 is 0 Å². The molecule has 0 spiro atoms. The number of furan rings is 1. The van der Waals surface area contributed by atoms with Crippen LogP contribution in [0.25, 0.3) is 66.4 Å². The Morgan fingerprint density at radius 2 is 0.911 bits per heavy atom. The predicted molar refractivity (Wildman–Crippen MR) is 234 cm³/mol. The lowest BCUT2D eigenvalue weighted by Gasteiger charge is -2.28. The van der Waals surface area contributed by atoms with Gasteiger partial charge in [-0.3, -0.25) is 0 Å². The minimum absolute atomic E-state index is 0.0996. The number of anilines is 3. The first kappa shape index (κ1) is 32.8. The second kappa shape index (κ2) is 11.9. The fraction of sp³-hybridized carbons (Fsp3) is 0.111. The molecule has 0 atom stereocenters. The summed E-state index contributed by atoms with van der Waals surface area (Å²) in [6, 6.07) is 64.3. The summed E-state index contributed by atoms with van der Waals surface area (Å²) in [7, 11) is 0. The topological polar surface area (TPSA) is 16.4 Å². The summed E-state index contributed by atoms with van der Waals surface area (Å²) in [5, 5.41) is 2.22. The van der Waals surface area contributed by atoms with Crippen LogP contribution in [0.3, 0.4) is 0 Å². The molecular weight excluding hydrogens is 679 g/mol. The fourth-order valence-corrected chi connectivity index (χ4v) is 9.96. The van der Waals surface area contributed by atoms with E-state index in [4.69, 9.17) is 4.42 Å². The summed E-state index contributed by atoms with van der Waals surface area (Å²) in [6.07, 6.45) is 0. The lowest BCUT2D eigenvalue weighted by atomic mass is 9.79. The molecule has 0 bridgehead atoms. The highest BCUT2D eigenvalue weighted by molar-refractivity contribution is 6.13. The van der Waals surface area contributed by atoms with Crippen LogP contribution in [0.4, 0.5) is 17.1 Å². The molecule has 11 rings (SSSR count). The molecule has 56 heavy (non-hydrogen) atoms. The summed E-state index contributed by atoms with van der Waals surface area (Å²) in [6.45, 7) is 9.43. The number of hydrogen-bond donors (Lipinski definition) is 0. The van der Waals surface area contributed by atoms with Crippen molar-refractivity contribution in [2.45, 2.75) is 38.5 Å². The number of para-hydroxylation sites is 2. The Kier molecular flexibility index (Phi) is 6.98. The fourth-order valence-electron chi connectivity index (χ4n) is 9.96. The van der Waals surface area contributed by atoms with Crippen molar-refractivity contribution in [3.8, 4) is 44.5 Å². The molecule has 1 heterocycles. The van der Waals surface area contributed by atoms with Crippen molar-refractivity contribution >= 4 is 39.0 Å².